The molecule has 186 valence electrons. The van der Waals surface area contributed by atoms with Gasteiger partial charge >= 0.3 is 0 Å². The van der Waals surface area contributed by atoms with E-state index in [1.807, 2.05) is 24.3 Å². The van der Waals surface area contributed by atoms with Gasteiger partial charge in [-0.2, -0.15) is 0 Å². The standard InChI is InChI=1S/C30H32N2O4/c31-29(17-21-9-1-5-13-25(21)33,18-22-10-2-6-14-26(22)34)30(32,19-23-11-3-7-15-27(23)35)20-24-12-4-8-16-28(24)36/h1-16,33-36H,17-20,31-32H2. The first-order chi connectivity index (χ1) is 17.2. The molecule has 0 aliphatic heterocycles. The van der Waals surface area contributed by atoms with Crippen LogP contribution in [0.25, 0.3) is 0 Å². The highest BCUT2D eigenvalue weighted by molar-refractivity contribution is 5.43. The van der Waals surface area contributed by atoms with Crippen LogP contribution in [0.4, 0.5) is 0 Å². The van der Waals surface area contributed by atoms with Crippen molar-refractivity contribution >= 4 is 0 Å². The van der Waals surface area contributed by atoms with Crippen molar-refractivity contribution in [2.45, 2.75) is 36.8 Å². The van der Waals surface area contributed by atoms with Crippen molar-refractivity contribution < 1.29 is 20.4 Å². The maximum absolute atomic E-state index is 10.6. The summed E-state index contributed by atoms with van der Waals surface area (Å²) in [4.78, 5) is 0. The topological polar surface area (TPSA) is 133 Å². The lowest BCUT2D eigenvalue weighted by Crippen LogP contribution is -2.70. The molecule has 0 atom stereocenters. The Labute approximate surface area is 211 Å². The van der Waals surface area contributed by atoms with Crippen LogP contribution in [-0.4, -0.2) is 31.5 Å². The van der Waals surface area contributed by atoms with Gasteiger partial charge in [0, 0.05) is 11.1 Å². The molecule has 8 N–H and O–H groups in total. The zero-order valence-corrected chi connectivity index (χ0v) is 20.0. The van der Waals surface area contributed by atoms with Crippen LogP contribution < -0.4 is 11.5 Å². The molecule has 4 rings (SSSR count). The van der Waals surface area contributed by atoms with Gasteiger partial charge in [-0.1, -0.05) is 72.8 Å². The van der Waals surface area contributed by atoms with Gasteiger partial charge in [0.05, 0.1) is 0 Å². The number of hydrogen-bond donors (Lipinski definition) is 6. The molecule has 0 saturated heterocycles. The Hall–Kier alpha value is -4.00. The summed E-state index contributed by atoms with van der Waals surface area (Å²) in [7, 11) is 0. The van der Waals surface area contributed by atoms with E-state index < -0.39 is 11.1 Å². The summed E-state index contributed by atoms with van der Waals surface area (Å²) >= 11 is 0. The fourth-order valence-corrected chi connectivity index (χ4v) is 4.83. The third kappa shape index (κ3) is 5.30. The zero-order valence-electron chi connectivity index (χ0n) is 20.0. The van der Waals surface area contributed by atoms with E-state index in [0.29, 0.717) is 22.3 Å². The Balaban J connectivity index is 1.88. The van der Waals surface area contributed by atoms with Crippen molar-refractivity contribution in [3.63, 3.8) is 0 Å². The average Bonchev–Trinajstić information content (AvgIpc) is 2.85. The third-order valence-corrected chi connectivity index (χ3v) is 6.98. The summed E-state index contributed by atoms with van der Waals surface area (Å²) in [5.41, 5.74) is 14.5. The Morgan fingerprint density at radius 3 is 0.778 bits per heavy atom. The highest BCUT2D eigenvalue weighted by atomic mass is 16.3. The lowest BCUT2D eigenvalue weighted by molar-refractivity contribution is 0.203. The van der Waals surface area contributed by atoms with Crippen LogP contribution in [0.15, 0.2) is 97.1 Å². The molecule has 0 amide bonds. The van der Waals surface area contributed by atoms with Crippen LogP contribution in [0, 0.1) is 0 Å². The molecule has 6 nitrogen and oxygen atoms in total. The van der Waals surface area contributed by atoms with E-state index in [1.165, 1.54) is 0 Å². The largest absolute Gasteiger partial charge is 0.508 e. The fourth-order valence-electron chi connectivity index (χ4n) is 4.83. The van der Waals surface area contributed by atoms with Gasteiger partial charge in [0.1, 0.15) is 23.0 Å². The van der Waals surface area contributed by atoms with Gasteiger partial charge < -0.3 is 31.9 Å². The van der Waals surface area contributed by atoms with Crippen molar-refractivity contribution in [3.05, 3.63) is 119 Å². The summed E-state index contributed by atoms with van der Waals surface area (Å²) in [6, 6.07) is 27.8. The number of para-hydroxylation sites is 4. The minimum atomic E-state index is -1.23. The molecule has 4 aromatic rings. The van der Waals surface area contributed by atoms with Gasteiger partial charge in [-0.3, -0.25) is 0 Å². The number of phenols is 4. The third-order valence-electron chi connectivity index (χ3n) is 6.98. The number of rotatable bonds is 9. The molecular weight excluding hydrogens is 452 g/mol. The molecule has 0 bridgehead atoms. The molecule has 0 saturated carbocycles. The molecule has 36 heavy (non-hydrogen) atoms. The van der Waals surface area contributed by atoms with E-state index in [0.717, 1.165) is 0 Å². The minimum Gasteiger partial charge on any atom is -0.508 e. The van der Waals surface area contributed by atoms with Crippen LogP contribution in [0.1, 0.15) is 22.3 Å². The van der Waals surface area contributed by atoms with E-state index in [9.17, 15) is 20.4 Å². The Bertz CT molecular complexity index is 1140. The highest BCUT2D eigenvalue weighted by Gasteiger charge is 2.47. The quantitative estimate of drug-likeness (QED) is 0.211. The van der Waals surface area contributed by atoms with E-state index >= 15 is 0 Å². The van der Waals surface area contributed by atoms with Crippen LogP contribution in [-0.2, 0) is 25.7 Å². The van der Waals surface area contributed by atoms with Crippen LogP contribution >= 0.6 is 0 Å². The molecule has 0 aromatic heterocycles. The molecule has 0 fully saturated rings. The number of nitrogens with two attached hydrogens (primary N) is 2. The summed E-state index contributed by atoms with van der Waals surface area (Å²) in [6.45, 7) is 0. The van der Waals surface area contributed by atoms with E-state index in [-0.39, 0.29) is 48.7 Å². The Kier molecular flexibility index (Phi) is 7.20. The Morgan fingerprint density at radius 2 is 0.583 bits per heavy atom. The SMILES string of the molecule is NC(Cc1ccccc1O)(Cc1ccccc1O)C(N)(Cc1ccccc1O)Cc1ccccc1O. The summed E-state index contributed by atoms with van der Waals surface area (Å²) in [5.74, 6) is 0.378. The van der Waals surface area contributed by atoms with Crippen molar-refractivity contribution in [2.24, 2.45) is 11.5 Å². The summed E-state index contributed by atoms with van der Waals surface area (Å²) < 4.78 is 0. The molecule has 0 radical (unpaired) electrons. The van der Waals surface area contributed by atoms with Crippen molar-refractivity contribution in [1.82, 2.24) is 0 Å². The summed E-state index contributed by atoms with van der Waals surface area (Å²) in [5, 5.41) is 42.4. The number of phenolic OH excluding ortho intramolecular Hbond substituents is 4. The number of hydrogen-bond acceptors (Lipinski definition) is 6. The Morgan fingerprint density at radius 1 is 0.389 bits per heavy atom. The lowest BCUT2D eigenvalue weighted by atomic mass is 9.65. The highest BCUT2D eigenvalue weighted by Crippen LogP contribution is 2.38. The van der Waals surface area contributed by atoms with Gasteiger partial charge in [0.2, 0.25) is 0 Å². The second kappa shape index (κ2) is 10.3. The fraction of sp³-hybridized carbons (Fsp3) is 0.200. The van der Waals surface area contributed by atoms with Gasteiger partial charge in [-0.05, 0) is 72.2 Å². The maximum atomic E-state index is 10.6. The molecule has 4 aromatic carbocycles. The monoisotopic (exact) mass is 484 g/mol. The molecular formula is C30H32N2O4. The zero-order chi connectivity index (χ0) is 25.8. The van der Waals surface area contributed by atoms with Crippen LogP contribution in [0.5, 0.6) is 23.0 Å². The van der Waals surface area contributed by atoms with Gasteiger partial charge in [0.15, 0.2) is 0 Å². The minimum absolute atomic E-state index is 0.0945. The molecule has 0 aliphatic rings. The normalized spacial score (nSPS) is 11.9. The second-order valence-electron chi connectivity index (χ2n) is 9.53. The first-order valence-electron chi connectivity index (χ1n) is 11.9. The van der Waals surface area contributed by atoms with Gasteiger partial charge in [-0.25, -0.2) is 0 Å². The number of aromatic hydroxyl groups is 4. The molecule has 0 heterocycles. The van der Waals surface area contributed by atoms with Crippen LogP contribution in [0.2, 0.25) is 0 Å². The van der Waals surface area contributed by atoms with Crippen molar-refractivity contribution in [2.75, 3.05) is 0 Å². The molecule has 0 unspecified atom stereocenters. The molecule has 0 aliphatic carbocycles. The summed E-state index contributed by atoms with van der Waals surface area (Å²) in [6.07, 6.45) is 0.745. The lowest BCUT2D eigenvalue weighted by Gasteiger charge is -2.47. The van der Waals surface area contributed by atoms with Crippen molar-refractivity contribution in [3.8, 4) is 23.0 Å². The average molecular weight is 485 g/mol. The van der Waals surface area contributed by atoms with E-state index in [1.54, 1.807) is 72.8 Å². The van der Waals surface area contributed by atoms with Gasteiger partial charge in [-0.15, -0.1) is 0 Å². The van der Waals surface area contributed by atoms with E-state index in [4.69, 9.17) is 11.5 Å². The predicted molar refractivity (Wildman–Crippen MR) is 141 cm³/mol. The first kappa shape index (κ1) is 25.1. The van der Waals surface area contributed by atoms with Crippen LogP contribution in [0.3, 0.4) is 0 Å². The van der Waals surface area contributed by atoms with Crippen molar-refractivity contribution in [1.29, 1.82) is 0 Å². The number of benzene rings is 4. The smallest absolute Gasteiger partial charge is 0.118 e. The first-order valence-corrected chi connectivity index (χ1v) is 11.9. The van der Waals surface area contributed by atoms with E-state index in [2.05, 4.69) is 0 Å². The molecule has 0 spiro atoms. The molecule has 6 heteroatoms. The maximum Gasteiger partial charge on any atom is 0.118 e. The van der Waals surface area contributed by atoms with Gasteiger partial charge in [0.25, 0.3) is 0 Å². The second-order valence-corrected chi connectivity index (χ2v) is 9.53. The predicted octanol–water partition coefficient (Wildman–Crippen LogP) is 4.17.